The zero-order valence-corrected chi connectivity index (χ0v) is 16.6. The molecule has 0 spiro atoms. The molecule has 2 heterocycles. The minimum Gasteiger partial charge on any atom is -0.364 e. The van der Waals surface area contributed by atoms with E-state index in [1.165, 1.54) is 32.1 Å². The van der Waals surface area contributed by atoms with Gasteiger partial charge in [0.25, 0.3) is 0 Å². The van der Waals surface area contributed by atoms with Crippen LogP contribution in [0.5, 0.6) is 0 Å². The molecule has 1 saturated carbocycles. The summed E-state index contributed by atoms with van der Waals surface area (Å²) in [5, 5.41) is 3.00. The van der Waals surface area contributed by atoms with Gasteiger partial charge >= 0.3 is 0 Å². The Labute approximate surface area is 166 Å². The van der Waals surface area contributed by atoms with E-state index in [1.807, 2.05) is 37.4 Å². The highest BCUT2D eigenvalue weighted by molar-refractivity contribution is 5.94. The summed E-state index contributed by atoms with van der Waals surface area (Å²) >= 11 is 0. The number of fused-ring (bicyclic) bond motifs is 1. The number of ketones is 1. The molecule has 0 saturated heterocycles. The standard InChI is InChI=1S/C23H29N3O2/c1-16-10-11-22(24-13-16)25-23(28)20(12-17-6-3-2-4-7-17)26-14-18-8-5-9-21(27)19(18)15-26/h5,8,10-11,13-14,17,19-20H,2-4,6-7,9,12,15H2,1H3,(H,24,25,28)/t19?,20-/m0/s1. The van der Waals surface area contributed by atoms with Crippen molar-refractivity contribution in [2.75, 3.05) is 11.9 Å². The second-order valence-electron chi connectivity index (χ2n) is 8.42. The number of carbonyl (C=O) groups excluding carboxylic acids is 2. The Morgan fingerprint density at radius 2 is 2.11 bits per heavy atom. The topological polar surface area (TPSA) is 62.3 Å². The lowest BCUT2D eigenvalue weighted by Gasteiger charge is -2.32. The van der Waals surface area contributed by atoms with E-state index in [0.29, 0.717) is 24.7 Å². The van der Waals surface area contributed by atoms with Gasteiger partial charge in [-0.15, -0.1) is 0 Å². The number of rotatable bonds is 5. The summed E-state index contributed by atoms with van der Waals surface area (Å²) in [4.78, 5) is 31.9. The van der Waals surface area contributed by atoms with Gasteiger partial charge in [-0.25, -0.2) is 4.98 Å². The maximum Gasteiger partial charge on any atom is 0.248 e. The second kappa shape index (κ2) is 8.29. The van der Waals surface area contributed by atoms with Gasteiger partial charge in [-0.05, 0) is 36.5 Å². The predicted molar refractivity (Wildman–Crippen MR) is 110 cm³/mol. The van der Waals surface area contributed by atoms with Gasteiger partial charge in [0, 0.05) is 25.4 Å². The average Bonchev–Trinajstić information content (AvgIpc) is 3.14. The number of carbonyl (C=O) groups is 2. The number of Topliss-reactive ketones (excluding diaryl/α,β-unsaturated/α-hetero) is 1. The number of anilines is 1. The summed E-state index contributed by atoms with van der Waals surface area (Å²) in [5.41, 5.74) is 2.11. The normalized spacial score (nSPS) is 23.3. The van der Waals surface area contributed by atoms with Gasteiger partial charge in [0.2, 0.25) is 5.91 Å². The molecule has 0 radical (unpaired) electrons. The molecule has 1 aromatic heterocycles. The Morgan fingerprint density at radius 3 is 2.82 bits per heavy atom. The molecule has 0 bridgehead atoms. The van der Waals surface area contributed by atoms with E-state index in [4.69, 9.17) is 0 Å². The van der Waals surface area contributed by atoms with Crippen LogP contribution in [-0.4, -0.2) is 34.2 Å². The fourth-order valence-corrected chi connectivity index (χ4v) is 4.65. The first kappa shape index (κ1) is 18.9. The van der Waals surface area contributed by atoms with Gasteiger partial charge in [-0.3, -0.25) is 9.59 Å². The Kier molecular flexibility index (Phi) is 5.60. The van der Waals surface area contributed by atoms with Crippen molar-refractivity contribution in [3.8, 4) is 0 Å². The van der Waals surface area contributed by atoms with E-state index in [-0.39, 0.29) is 23.7 Å². The first-order valence-corrected chi connectivity index (χ1v) is 10.5. The van der Waals surface area contributed by atoms with Gasteiger partial charge < -0.3 is 10.2 Å². The number of hydrogen-bond acceptors (Lipinski definition) is 4. The highest BCUT2D eigenvalue weighted by Gasteiger charge is 2.37. The number of aryl methyl sites for hydroxylation is 1. The molecule has 1 amide bonds. The summed E-state index contributed by atoms with van der Waals surface area (Å²) in [6.07, 6.45) is 15.3. The number of hydrogen-bond donors (Lipinski definition) is 1. The Morgan fingerprint density at radius 1 is 1.29 bits per heavy atom. The lowest BCUT2D eigenvalue weighted by atomic mass is 9.84. The number of amides is 1. The molecule has 28 heavy (non-hydrogen) atoms. The Balaban J connectivity index is 1.52. The van der Waals surface area contributed by atoms with Crippen LogP contribution in [-0.2, 0) is 9.59 Å². The number of allylic oxidation sites excluding steroid dienone is 2. The third-order valence-electron chi connectivity index (χ3n) is 6.28. The van der Waals surface area contributed by atoms with Crippen molar-refractivity contribution >= 4 is 17.5 Å². The lowest BCUT2D eigenvalue weighted by molar-refractivity contribution is -0.123. The average molecular weight is 380 g/mol. The van der Waals surface area contributed by atoms with Gasteiger partial charge in [-0.2, -0.15) is 0 Å². The second-order valence-corrected chi connectivity index (χ2v) is 8.42. The number of nitrogens with zero attached hydrogens (tertiary/aromatic N) is 2. The summed E-state index contributed by atoms with van der Waals surface area (Å²) in [5.74, 6) is 1.32. The molecule has 2 aliphatic carbocycles. The summed E-state index contributed by atoms with van der Waals surface area (Å²) < 4.78 is 0. The molecule has 1 fully saturated rings. The highest BCUT2D eigenvalue weighted by Crippen LogP contribution is 2.34. The maximum absolute atomic E-state index is 13.2. The van der Waals surface area contributed by atoms with Crippen molar-refractivity contribution in [2.24, 2.45) is 11.8 Å². The molecule has 1 aromatic rings. The number of pyridine rings is 1. The zero-order chi connectivity index (χ0) is 19.5. The fraction of sp³-hybridized carbons (Fsp3) is 0.522. The van der Waals surface area contributed by atoms with Crippen LogP contribution in [0, 0.1) is 18.8 Å². The first-order valence-electron chi connectivity index (χ1n) is 10.5. The van der Waals surface area contributed by atoms with E-state index in [9.17, 15) is 9.59 Å². The number of aromatic nitrogens is 1. The fourth-order valence-electron chi connectivity index (χ4n) is 4.65. The molecule has 4 rings (SSSR count). The molecule has 1 N–H and O–H groups in total. The number of nitrogens with one attached hydrogen (secondary N) is 1. The van der Waals surface area contributed by atoms with Gasteiger partial charge in [0.15, 0.2) is 0 Å². The monoisotopic (exact) mass is 379 g/mol. The molecule has 3 aliphatic rings. The van der Waals surface area contributed by atoms with E-state index < -0.39 is 0 Å². The maximum atomic E-state index is 13.2. The largest absolute Gasteiger partial charge is 0.364 e. The molecule has 5 heteroatoms. The van der Waals surface area contributed by atoms with Crippen LogP contribution in [0.3, 0.4) is 0 Å². The summed E-state index contributed by atoms with van der Waals surface area (Å²) in [6.45, 7) is 2.60. The van der Waals surface area contributed by atoms with Crippen LogP contribution in [0.15, 0.2) is 42.3 Å². The van der Waals surface area contributed by atoms with Gasteiger partial charge in [0.05, 0.1) is 5.92 Å². The van der Waals surface area contributed by atoms with Crippen molar-refractivity contribution in [1.29, 1.82) is 0 Å². The minimum absolute atomic E-state index is 0.0196. The van der Waals surface area contributed by atoms with Crippen molar-refractivity contribution in [3.63, 3.8) is 0 Å². The van der Waals surface area contributed by atoms with Gasteiger partial charge in [0.1, 0.15) is 17.6 Å². The minimum atomic E-state index is -0.259. The van der Waals surface area contributed by atoms with Crippen molar-refractivity contribution in [2.45, 2.75) is 57.9 Å². The lowest BCUT2D eigenvalue weighted by Crippen LogP contribution is -2.43. The van der Waals surface area contributed by atoms with Crippen molar-refractivity contribution < 1.29 is 9.59 Å². The highest BCUT2D eigenvalue weighted by atomic mass is 16.2. The summed E-state index contributed by atoms with van der Waals surface area (Å²) in [6, 6.07) is 3.54. The molecular formula is C23H29N3O2. The third kappa shape index (κ3) is 4.18. The molecule has 148 valence electrons. The first-order chi connectivity index (χ1) is 13.6. The predicted octanol–water partition coefficient (Wildman–Crippen LogP) is 4.01. The summed E-state index contributed by atoms with van der Waals surface area (Å²) in [7, 11) is 0. The van der Waals surface area contributed by atoms with Crippen molar-refractivity contribution in [3.05, 3.63) is 47.8 Å². The van der Waals surface area contributed by atoms with Crippen LogP contribution >= 0.6 is 0 Å². The Bertz CT molecular complexity index is 791. The quantitative estimate of drug-likeness (QED) is 0.840. The van der Waals surface area contributed by atoms with Crippen LogP contribution in [0.4, 0.5) is 5.82 Å². The molecule has 1 unspecified atom stereocenters. The van der Waals surface area contributed by atoms with Gasteiger partial charge in [-0.1, -0.05) is 50.3 Å². The van der Waals surface area contributed by atoms with Crippen LogP contribution in [0.2, 0.25) is 0 Å². The van der Waals surface area contributed by atoms with E-state index in [0.717, 1.165) is 17.6 Å². The van der Waals surface area contributed by atoms with Crippen molar-refractivity contribution in [1.82, 2.24) is 9.88 Å². The van der Waals surface area contributed by atoms with Crippen LogP contribution in [0.25, 0.3) is 0 Å². The molecular weight excluding hydrogens is 350 g/mol. The van der Waals surface area contributed by atoms with E-state index in [2.05, 4.69) is 15.2 Å². The smallest absolute Gasteiger partial charge is 0.248 e. The van der Waals surface area contributed by atoms with E-state index >= 15 is 0 Å². The molecule has 2 atom stereocenters. The Hall–Kier alpha value is -2.43. The zero-order valence-electron chi connectivity index (χ0n) is 16.6. The SMILES string of the molecule is Cc1ccc(NC(=O)[C@H](CC2CCCCC2)N2C=C3C=CCC(=O)C3C2)nc1. The van der Waals surface area contributed by atoms with E-state index in [1.54, 1.807) is 6.20 Å². The molecule has 0 aromatic carbocycles. The third-order valence-corrected chi connectivity index (χ3v) is 6.28. The van der Waals surface area contributed by atoms with Crippen LogP contribution < -0.4 is 5.32 Å². The van der Waals surface area contributed by atoms with Crippen LogP contribution in [0.1, 0.15) is 50.5 Å². The molecule has 5 nitrogen and oxygen atoms in total. The molecule has 1 aliphatic heterocycles.